The van der Waals surface area contributed by atoms with E-state index in [1.165, 1.54) is 17.0 Å². The minimum absolute atomic E-state index is 0.0582. The molecule has 2 aliphatic rings. The number of phenols is 1. The molecule has 3 rings (SSSR count). The first-order valence-corrected chi connectivity index (χ1v) is 6.59. The van der Waals surface area contributed by atoms with E-state index >= 15 is 0 Å². The fourth-order valence-electron chi connectivity index (χ4n) is 3.11. The van der Waals surface area contributed by atoms with Crippen molar-refractivity contribution in [2.45, 2.75) is 18.5 Å². The van der Waals surface area contributed by atoms with E-state index in [2.05, 4.69) is 5.32 Å². The maximum absolute atomic E-state index is 12.1. The summed E-state index contributed by atoms with van der Waals surface area (Å²) in [7, 11) is 0. The third kappa shape index (κ3) is 2.10. The van der Waals surface area contributed by atoms with Crippen LogP contribution in [0, 0.1) is 5.92 Å². The highest BCUT2D eigenvalue weighted by Crippen LogP contribution is 2.42. The van der Waals surface area contributed by atoms with Gasteiger partial charge in [-0.05, 0) is 24.1 Å². The Balaban J connectivity index is 2.04. The number of rotatable bonds is 2. The lowest BCUT2D eigenvalue weighted by Gasteiger charge is -2.34. The van der Waals surface area contributed by atoms with Crippen molar-refractivity contribution in [3.8, 4) is 5.75 Å². The van der Waals surface area contributed by atoms with Crippen molar-refractivity contribution in [1.29, 1.82) is 0 Å². The van der Waals surface area contributed by atoms with E-state index in [-0.39, 0.29) is 30.5 Å². The molecule has 7 heteroatoms. The number of carboxylic acid groups (broad SMARTS) is 1. The van der Waals surface area contributed by atoms with Gasteiger partial charge in [0.1, 0.15) is 11.8 Å². The van der Waals surface area contributed by atoms with Crippen LogP contribution in [0.4, 0.5) is 0 Å². The number of phenolic OH excluding ortho intramolecular Hbond substituents is 1. The van der Waals surface area contributed by atoms with E-state index in [9.17, 15) is 24.6 Å². The van der Waals surface area contributed by atoms with Gasteiger partial charge in [-0.1, -0.05) is 12.1 Å². The van der Waals surface area contributed by atoms with Gasteiger partial charge >= 0.3 is 5.97 Å². The van der Waals surface area contributed by atoms with Gasteiger partial charge in [-0.15, -0.1) is 0 Å². The van der Waals surface area contributed by atoms with Crippen molar-refractivity contribution in [2.75, 3.05) is 6.54 Å². The van der Waals surface area contributed by atoms with E-state index in [1.807, 2.05) is 0 Å². The number of carbonyl (C=O) groups excluding carboxylic acids is 2. The van der Waals surface area contributed by atoms with Gasteiger partial charge in [-0.25, -0.2) is 0 Å². The van der Waals surface area contributed by atoms with Crippen molar-refractivity contribution in [3.63, 3.8) is 0 Å². The quantitative estimate of drug-likeness (QED) is 0.703. The summed E-state index contributed by atoms with van der Waals surface area (Å²) >= 11 is 0. The molecule has 0 bridgehead atoms. The number of nitrogens with one attached hydrogen (secondary N) is 1. The molecule has 2 saturated heterocycles. The van der Waals surface area contributed by atoms with Gasteiger partial charge in [0.05, 0.1) is 18.5 Å². The molecule has 0 aromatic heterocycles. The molecule has 0 spiro atoms. The molecular formula is C14H14N2O5. The van der Waals surface area contributed by atoms with Crippen molar-refractivity contribution < 1.29 is 24.6 Å². The molecule has 2 aliphatic heterocycles. The van der Waals surface area contributed by atoms with Gasteiger partial charge in [0, 0.05) is 0 Å². The first-order valence-electron chi connectivity index (χ1n) is 6.59. The summed E-state index contributed by atoms with van der Waals surface area (Å²) < 4.78 is 0. The molecule has 1 aromatic carbocycles. The molecule has 2 amide bonds. The standard InChI is InChI=1S/C14H14N2O5/c17-8-3-1-7(2-4-8)12-9(14(20)21)5-10-13(19)15-6-11(18)16(10)12/h1-4,9-10,12,17H,5-6H2,(H,15,19)(H,20,21)/t9-,10-,12-/m1/s1. The third-order valence-electron chi connectivity index (χ3n) is 4.05. The zero-order valence-electron chi connectivity index (χ0n) is 11.0. The lowest BCUT2D eigenvalue weighted by atomic mass is 9.93. The lowest BCUT2D eigenvalue weighted by Crippen LogP contribution is -2.56. The zero-order chi connectivity index (χ0) is 15.1. The van der Waals surface area contributed by atoms with Crippen LogP contribution in [0.2, 0.25) is 0 Å². The summed E-state index contributed by atoms with van der Waals surface area (Å²) in [6, 6.07) is 4.61. The fraction of sp³-hybridized carbons (Fsp3) is 0.357. The minimum atomic E-state index is -1.04. The maximum Gasteiger partial charge on any atom is 0.309 e. The summed E-state index contributed by atoms with van der Waals surface area (Å²) in [4.78, 5) is 36.8. The van der Waals surface area contributed by atoms with Gasteiger partial charge in [0.25, 0.3) is 0 Å². The highest BCUT2D eigenvalue weighted by atomic mass is 16.4. The monoisotopic (exact) mass is 290 g/mol. The van der Waals surface area contributed by atoms with Crippen LogP contribution < -0.4 is 5.32 Å². The summed E-state index contributed by atoms with van der Waals surface area (Å²) in [5.41, 5.74) is 0.603. The molecule has 3 atom stereocenters. The Kier molecular flexibility index (Phi) is 3.04. The number of nitrogens with zero attached hydrogens (tertiary/aromatic N) is 1. The van der Waals surface area contributed by atoms with Crippen molar-refractivity contribution in [3.05, 3.63) is 29.8 Å². The molecule has 0 radical (unpaired) electrons. The highest BCUT2D eigenvalue weighted by molar-refractivity contribution is 5.96. The molecule has 0 aliphatic carbocycles. The molecule has 0 unspecified atom stereocenters. The average Bonchev–Trinajstić information content (AvgIpc) is 2.86. The van der Waals surface area contributed by atoms with Crippen LogP contribution in [-0.4, -0.2) is 45.5 Å². The molecule has 0 saturated carbocycles. The van der Waals surface area contributed by atoms with Crippen LogP contribution in [0.25, 0.3) is 0 Å². The van der Waals surface area contributed by atoms with E-state index in [0.717, 1.165) is 0 Å². The second-order valence-electron chi connectivity index (χ2n) is 5.25. The van der Waals surface area contributed by atoms with Crippen LogP contribution in [0.5, 0.6) is 5.75 Å². The molecular weight excluding hydrogens is 276 g/mol. The number of fused-ring (bicyclic) bond motifs is 1. The smallest absolute Gasteiger partial charge is 0.309 e. The minimum Gasteiger partial charge on any atom is -0.508 e. The number of amides is 2. The SMILES string of the molecule is O=C1NCC(=O)N2[C@@H]1C[C@@H](C(=O)O)[C@H]2c1ccc(O)cc1. The summed E-state index contributed by atoms with van der Waals surface area (Å²) in [5.74, 6) is -2.43. The zero-order valence-corrected chi connectivity index (χ0v) is 11.0. The second kappa shape index (κ2) is 4.76. The third-order valence-corrected chi connectivity index (χ3v) is 4.05. The number of hydrogen-bond donors (Lipinski definition) is 3. The molecule has 7 nitrogen and oxygen atoms in total. The number of aromatic hydroxyl groups is 1. The normalized spacial score (nSPS) is 28.2. The van der Waals surface area contributed by atoms with Crippen LogP contribution in [0.1, 0.15) is 18.0 Å². The van der Waals surface area contributed by atoms with Gasteiger partial charge in [0.15, 0.2) is 0 Å². The van der Waals surface area contributed by atoms with Gasteiger partial charge < -0.3 is 20.4 Å². The fourth-order valence-corrected chi connectivity index (χ4v) is 3.11. The van der Waals surface area contributed by atoms with Crippen LogP contribution in [0.15, 0.2) is 24.3 Å². The molecule has 1 aromatic rings. The number of aliphatic carboxylic acids is 1. The summed E-state index contributed by atoms with van der Waals surface area (Å²) in [6.07, 6.45) is 0.0957. The molecule has 21 heavy (non-hydrogen) atoms. The Morgan fingerprint density at radius 1 is 1.24 bits per heavy atom. The number of carbonyl (C=O) groups is 3. The second-order valence-corrected chi connectivity index (χ2v) is 5.25. The number of hydrogen-bond acceptors (Lipinski definition) is 4. The van der Waals surface area contributed by atoms with Crippen molar-refractivity contribution in [2.24, 2.45) is 5.92 Å². The Morgan fingerprint density at radius 2 is 1.90 bits per heavy atom. The predicted octanol–water partition coefficient (Wildman–Crippen LogP) is -0.135. The lowest BCUT2D eigenvalue weighted by molar-refractivity contribution is -0.147. The first-order chi connectivity index (χ1) is 9.99. The Labute approximate surface area is 120 Å². The van der Waals surface area contributed by atoms with Gasteiger partial charge in [0.2, 0.25) is 11.8 Å². The Morgan fingerprint density at radius 3 is 2.52 bits per heavy atom. The van der Waals surface area contributed by atoms with Crippen molar-refractivity contribution >= 4 is 17.8 Å². The van der Waals surface area contributed by atoms with Gasteiger partial charge in [-0.2, -0.15) is 0 Å². The Bertz CT molecular complexity index is 612. The van der Waals surface area contributed by atoms with Crippen molar-refractivity contribution in [1.82, 2.24) is 10.2 Å². The number of piperazine rings is 1. The maximum atomic E-state index is 12.1. The van der Waals surface area contributed by atoms with E-state index in [0.29, 0.717) is 5.56 Å². The number of carboxylic acids is 1. The van der Waals surface area contributed by atoms with E-state index in [4.69, 9.17) is 0 Å². The largest absolute Gasteiger partial charge is 0.508 e. The molecule has 3 N–H and O–H groups in total. The molecule has 2 heterocycles. The molecule has 110 valence electrons. The van der Waals surface area contributed by atoms with E-state index < -0.39 is 24.0 Å². The predicted molar refractivity (Wildman–Crippen MR) is 70.2 cm³/mol. The highest BCUT2D eigenvalue weighted by Gasteiger charge is 2.52. The average molecular weight is 290 g/mol. The van der Waals surface area contributed by atoms with Crippen LogP contribution in [0.3, 0.4) is 0 Å². The van der Waals surface area contributed by atoms with E-state index in [1.54, 1.807) is 12.1 Å². The molecule has 2 fully saturated rings. The summed E-state index contributed by atoms with van der Waals surface area (Å²) in [5, 5.41) is 21.2. The van der Waals surface area contributed by atoms with Crippen LogP contribution in [-0.2, 0) is 14.4 Å². The number of benzene rings is 1. The first kappa shape index (κ1) is 13.4. The summed E-state index contributed by atoms with van der Waals surface area (Å²) in [6.45, 7) is -0.115. The topological polar surface area (TPSA) is 107 Å². The van der Waals surface area contributed by atoms with Gasteiger partial charge in [-0.3, -0.25) is 14.4 Å². The van der Waals surface area contributed by atoms with Crippen LogP contribution >= 0.6 is 0 Å². The Hall–Kier alpha value is -2.57.